The Bertz CT molecular complexity index is 1270. The molecule has 1 aliphatic heterocycles. The Morgan fingerprint density at radius 1 is 1.00 bits per heavy atom. The van der Waals surface area contributed by atoms with Gasteiger partial charge in [0.1, 0.15) is 23.6 Å². The van der Waals surface area contributed by atoms with Gasteiger partial charge in [0.25, 0.3) is 0 Å². The van der Waals surface area contributed by atoms with Gasteiger partial charge < -0.3 is 14.1 Å². The molecule has 33 heavy (non-hydrogen) atoms. The second-order valence-electron chi connectivity index (χ2n) is 9.22. The number of hydrogen-bond donors (Lipinski definition) is 1. The summed E-state index contributed by atoms with van der Waals surface area (Å²) in [5.74, 6) is 4.16. The monoisotopic (exact) mass is 445 g/mol. The molecule has 2 aliphatic rings. The lowest BCUT2D eigenvalue weighted by molar-refractivity contribution is 0.243. The molecule has 1 aliphatic carbocycles. The first-order valence-corrected chi connectivity index (χ1v) is 11.7. The zero-order chi connectivity index (χ0) is 22.4. The maximum absolute atomic E-state index is 5.94. The van der Waals surface area contributed by atoms with E-state index in [1.165, 1.54) is 12.8 Å². The van der Waals surface area contributed by atoms with E-state index >= 15 is 0 Å². The summed E-state index contributed by atoms with van der Waals surface area (Å²) in [5, 5.41) is 17.2. The first-order valence-electron chi connectivity index (χ1n) is 11.7. The van der Waals surface area contributed by atoms with Crippen LogP contribution < -0.4 is 9.64 Å². The van der Waals surface area contributed by atoms with Crippen LogP contribution in [0.5, 0.6) is 5.75 Å². The summed E-state index contributed by atoms with van der Waals surface area (Å²) in [6, 6.07) is 7.98. The normalized spacial score (nSPS) is 17.2. The van der Waals surface area contributed by atoms with Crippen molar-refractivity contribution in [1.29, 1.82) is 0 Å². The van der Waals surface area contributed by atoms with Crippen LogP contribution in [0.4, 0.5) is 5.82 Å². The number of fused-ring (bicyclic) bond motifs is 1. The van der Waals surface area contributed by atoms with E-state index in [1.54, 1.807) is 6.33 Å². The maximum atomic E-state index is 5.94. The molecule has 1 N–H and O–H groups in total. The predicted molar refractivity (Wildman–Crippen MR) is 123 cm³/mol. The minimum atomic E-state index is 0.110. The highest BCUT2D eigenvalue weighted by atomic mass is 16.5. The number of aromatic nitrogens is 6. The Labute approximate surface area is 191 Å². The van der Waals surface area contributed by atoms with E-state index in [1.807, 2.05) is 38.1 Å². The second kappa shape index (κ2) is 8.13. The molecule has 1 aromatic carbocycles. The lowest BCUT2D eigenvalue weighted by Gasteiger charge is -2.31. The van der Waals surface area contributed by atoms with Crippen LogP contribution in [0.25, 0.3) is 22.3 Å². The number of piperidine rings is 1. The van der Waals surface area contributed by atoms with Crippen LogP contribution in [0.1, 0.15) is 63.1 Å². The van der Waals surface area contributed by atoms with Crippen molar-refractivity contribution < 1.29 is 9.15 Å². The van der Waals surface area contributed by atoms with Crippen molar-refractivity contribution in [1.82, 2.24) is 30.4 Å². The molecule has 1 saturated heterocycles. The summed E-state index contributed by atoms with van der Waals surface area (Å²) in [6.07, 6.45) is 6.01. The number of aromatic amines is 1. The molecular weight excluding hydrogens is 418 g/mol. The average molecular weight is 446 g/mol. The molecule has 0 unspecified atom stereocenters. The first-order chi connectivity index (χ1) is 16.1. The maximum Gasteiger partial charge on any atom is 0.219 e. The molecule has 0 bridgehead atoms. The zero-order valence-corrected chi connectivity index (χ0v) is 18.9. The number of anilines is 1. The van der Waals surface area contributed by atoms with Crippen molar-refractivity contribution >= 4 is 16.7 Å². The van der Waals surface area contributed by atoms with E-state index in [2.05, 4.69) is 35.3 Å². The Morgan fingerprint density at radius 2 is 1.76 bits per heavy atom. The van der Waals surface area contributed by atoms with Crippen LogP contribution in [0, 0.1) is 0 Å². The number of rotatable bonds is 6. The molecule has 0 atom stereocenters. The van der Waals surface area contributed by atoms with E-state index in [0.717, 1.165) is 71.6 Å². The smallest absolute Gasteiger partial charge is 0.219 e. The van der Waals surface area contributed by atoms with Crippen LogP contribution in [-0.4, -0.2) is 49.6 Å². The summed E-state index contributed by atoms with van der Waals surface area (Å²) >= 11 is 0. The van der Waals surface area contributed by atoms with Crippen LogP contribution in [0.15, 0.2) is 35.0 Å². The molecule has 0 spiro atoms. The van der Waals surface area contributed by atoms with Crippen molar-refractivity contribution in [2.24, 2.45) is 0 Å². The van der Waals surface area contributed by atoms with Gasteiger partial charge in [0.2, 0.25) is 11.8 Å². The molecule has 1 saturated carbocycles. The number of ether oxygens (including phenoxy) is 1. The standard InChI is InChI=1S/C24H27N7O2/c1-14(2)32-17-5-6-19-18(11-17)22(28-27-19)20-12-21(26-13-25-20)31-9-7-16(8-10-31)24-30-29-23(33-24)15-3-4-15/h5-6,11-16H,3-4,7-10H2,1-2H3,(H,27,28). The molecule has 6 rings (SSSR count). The Hall–Kier alpha value is -3.49. The van der Waals surface area contributed by atoms with Gasteiger partial charge in [0.05, 0.1) is 17.3 Å². The quantitative estimate of drug-likeness (QED) is 0.464. The van der Waals surface area contributed by atoms with Gasteiger partial charge in [-0.3, -0.25) is 5.10 Å². The number of H-pyrrole nitrogens is 1. The fourth-order valence-corrected chi connectivity index (χ4v) is 4.45. The summed E-state index contributed by atoms with van der Waals surface area (Å²) in [4.78, 5) is 11.3. The van der Waals surface area contributed by atoms with E-state index in [9.17, 15) is 0 Å². The van der Waals surface area contributed by atoms with Gasteiger partial charge in [-0.05, 0) is 57.7 Å². The fraction of sp³-hybridized carbons (Fsp3) is 0.458. The highest BCUT2D eigenvalue weighted by Crippen LogP contribution is 2.40. The van der Waals surface area contributed by atoms with Crippen molar-refractivity contribution in [2.45, 2.75) is 57.5 Å². The molecule has 9 heteroatoms. The van der Waals surface area contributed by atoms with E-state index < -0.39 is 0 Å². The minimum Gasteiger partial charge on any atom is -0.491 e. The van der Waals surface area contributed by atoms with Crippen molar-refractivity contribution in [3.63, 3.8) is 0 Å². The van der Waals surface area contributed by atoms with Crippen LogP contribution in [0.2, 0.25) is 0 Å². The van der Waals surface area contributed by atoms with Crippen molar-refractivity contribution in [3.8, 4) is 17.1 Å². The molecule has 0 radical (unpaired) electrons. The minimum absolute atomic E-state index is 0.110. The Kier molecular flexibility index (Phi) is 4.96. The van der Waals surface area contributed by atoms with Gasteiger partial charge in [-0.25, -0.2) is 9.97 Å². The van der Waals surface area contributed by atoms with Crippen LogP contribution in [0.3, 0.4) is 0 Å². The molecule has 4 heterocycles. The molecule has 3 aromatic heterocycles. The third kappa shape index (κ3) is 4.03. The Morgan fingerprint density at radius 3 is 2.48 bits per heavy atom. The van der Waals surface area contributed by atoms with Crippen LogP contribution >= 0.6 is 0 Å². The SMILES string of the molecule is CC(C)Oc1ccc2[nH]nc(-c3cc(N4CCC(c5nnc(C6CC6)o5)CC4)ncn3)c2c1. The van der Waals surface area contributed by atoms with Crippen molar-refractivity contribution in [2.75, 3.05) is 18.0 Å². The number of nitrogens with one attached hydrogen (secondary N) is 1. The fourth-order valence-electron chi connectivity index (χ4n) is 4.45. The summed E-state index contributed by atoms with van der Waals surface area (Å²) in [5.41, 5.74) is 2.55. The molecule has 4 aromatic rings. The van der Waals surface area contributed by atoms with E-state index in [-0.39, 0.29) is 6.10 Å². The number of nitrogens with zero attached hydrogens (tertiary/aromatic N) is 6. The largest absolute Gasteiger partial charge is 0.491 e. The number of hydrogen-bond acceptors (Lipinski definition) is 8. The number of benzene rings is 1. The Balaban J connectivity index is 1.20. The lowest BCUT2D eigenvalue weighted by Crippen LogP contribution is -2.33. The molecule has 9 nitrogen and oxygen atoms in total. The van der Waals surface area contributed by atoms with Gasteiger partial charge >= 0.3 is 0 Å². The lowest BCUT2D eigenvalue weighted by atomic mass is 9.97. The van der Waals surface area contributed by atoms with Gasteiger partial charge in [0.15, 0.2) is 0 Å². The van der Waals surface area contributed by atoms with E-state index in [0.29, 0.717) is 11.8 Å². The zero-order valence-electron chi connectivity index (χ0n) is 18.9. The molecular formula is C24H27N7O2. The highest BCUT2D eigenvalue weighted by molar-refractivity contribution is 5.93. The van der Waals surface area contributed by atoms with Crippen LogP contribution in [-0.2, 0) is 0 Å². The summed E-state index contributed by atoms with van der Waals surface area (Å²) in [6.45, 7) is 5.81. The third-order valence-electron chi connectivity index (χ3n) is 6.35. The average Bonchev–Trinajstić information content (AvgIpc) is 3.41. The first kappa shape index (κ1) is 20.1. The van der Waals surface area contributed by atoms with Gasteiger partial charge in [0, 0.05) is 36.4 Å². The third-order valence-corrected chi connectivity index (χ3v) is 6.35. The topological polar surface area (TPSA) is 106 Å². The van der Waals surface area contributed by atoms with Gasteiger partial charge in [-0.1, -0.05) is 0 Å². The van der Waals surface area contributed by atoms with Gasteiger partial charge in [-0.15, -0.1) is 10.2 Å². The van der Waals surface area contributed by atoms with Gasteiger partial charge in [-0.2, -0.15) is 5.10 Å². The summed E-state index contributed by atoms with van der Waals surface area (Å²) in [7, 11) is 0. The summed E-state index contributed by atoms with van der Waals surface area (Å²) < 4.78 is 11.8. The predicted octanol–water partition coefficient (Wildman–Crippen LogP) is 4.45. The second-order valence-corrected chi connectivity index (χ2v) is 9.22. The molecule has 170 valence electrons. The molecule has 2 fully saturated rings. The molecule has 0 amide bonds. The van der Waals surface area contributed by atoms with E-state index in [4.69, 9.17) is 9.15 Å². The van der Waals surface area contributed by atoms with Crippen molar-refractivity contribution in [3.05, 3.63) is 42.4 Å². The highest BCUT2D eigenvalue weighted by Gasteiger charge is 2.32.